The molecular formula is C19H30ClN3O. The highest BCUT2D eigenvalue weighted by molar-refractivity contribution is 6.30. The fourth-order valence-corrected chi connectivity index (χ4v) is 3.94. The van der Waals surface area contributed by atoms with E-state index < -0.39 is 0 Å². The molecule has 0 saturated carbocycles. The minimum Gasteiger partial charge on any atom is -0.390 e. The molecule has 134 valence electrons. The Morgan fingerprint density at radius 3 is 2.29 bits per heavy atom. The molecule has 1 N–H and O–H groups in total. The van der Waals surface area contributed by atoms with Crippen LogP contribution in [0.2, 0.25) is 5.02 Å². The average molecular weight is 352 g/mol. The second kappa shape index (κ2) is 8.52. The van der Waals surface area contributed by atoms with Gasteiger partial charge in [0.25, 0.3) is 0 Å². The molecule has 0 aliphatic carbocycles. The quantitative estimate of drug-likeness (QED) is 0.883. The van der Waals surface area contributed by atoms with Crippen molar-refractivity contribution < 1.29 is 5.11 Å². The molecule has 0 aromatic heterocycles. The lowest BCUT2D eigenvalue weighted by atomic mass is 9.99. The van der Waals surface area contributed by atoms with Crippen molar-refractivity contribution in [3.63, 3.8) is 0 Å². The van der Waals surface area contributed by atoms with E-state index in [1.165, 1.54) is 18.5 Å². The van der Waals surface area contributed by atoms with E-state index in [0.717, 1.165) is 63.3 Å². The summed E-state index contributed by atoms with van der Waals surface area (Å²) in [5.74, 6) is 0.845. The van der Waals surface area contributed by atoms with E-state index in [0.29, 0.717) is 0 Å². The number of rotatable bonds is 5. The Bertz CT molecular complexity index is 511. The average Bonchev–Trinajstić information content (AvgIpc) is 2.58. The highest BCUT2D eigenvalue weighted by Crippen LogP contribution is 2.21. The summed E-state index contributed by atoms with van der Waals surface area (Å²) in [6, 6.07) is 8.07. The third kappa shape index (κ3) is 5.09. The van der Waals surface area contributed by atoms with E-state index in [2.05, 4.69) is 27.7 Å². The largest absolute Gasteiger partial charge is 0.390 e. The number of nitrogens with zero attached hydrogens (tertiary/aromatic N) is 3. The van der Waals surface area contributed by atoms with Crippen LogP contribution in [0, 0.1) is 5.92 Å². The standard InChI is InChI=1S/C19H30ClN3O/c1-16-5-7-21(8-6-16)14-19(24)15-22-9-11-23(12-10-22)18-4-2-3-17(20)13-18/h2-4,13,16,19,24H,5-12,14-15H2,1H3. The number of likely N-dealkylation sites (tertiary alicyclic amines) is 1. The number of piperidine rings is 1. The van der Waals surface area contributed by atoms with Gasteiger partial charge in [0.2, 0.25) is 0 Å². The van der Waals surface area contributed by atoms with Crippen molar-refractivity contribution in [1.29, 1.82) is 0 Å². The van der Waals surface area contributed by atoms with Crippen molar-refractivity contribution in [3.05, 3.63) is 29.3 Å². The van der Waals surface area contributed by atoms with Crippen molar-refractivity contribution in [2.75, 3.05) is 57.3 Å². The molecule has 5 heteroatoms. The van der Waals surface area contributed by atoms with Gasteiger partial charge in [0.1, 0.15) is 0 Å². The smallest absolute Gasteiger partial charge is 0.0793 e. The first kappa shape index (κ1) is 18.0. The second-order valence-corrected chi connectivity index (χ2v) is 7.84. The molecule has 2 saturated heterocycles. The zero-order valence-corrected chi connectivity index (χ0v) is 15.5. The minimum absolute atomic E-state index is 0.240. The first-order valence-electron chi connectivity index (χ1n) is 9.23. The number of benzene rings is 1. The molecule has 2 aliphatic rings. The van der Waals surface area contributed by atoms with E-state index >= 15 is 0 Å². The molecular weight excluding hydrogens is 322 g/mol. The van der Waals surface area contributed by atoms with Gasteiger partial charge in [-0.05, 0) is 50.0 Å². The summed E-state index contributed by atoms with van der Waals surface area (Å²) in [5.41, 5.74) is 1.20. The Labute approximate surface area is 151 Å². The zero-order chi connectivity index (χ0) is 16.9. The number of hydrogen-bond acceptors (Lipinski definition) is 4. The van der Waals surface area contributed by atoms with Crippen LogP contribution >= 0.6 is 11.6 Å². The van der Waals surface area contributed by atoms with E-state index in [-0.39, 0.29) is 6.10 Å². The molecule has 0 bridgehead atoms. The van der Waals surface area contributed by atoms with Gasteiger partial charge in [-0.15, -0.1) is 0 Å². The minimum atomic E-state index is -0.240. The van der Waals surface area contributed by atoms with Crippen molar-refractivity contribution in [2.45, 2.75) is 25.9 Å². The summed E-state index contributed by atoms with van der Waals surface area (Å²) in [4.78, 5) is 7.19. The summed E-state index contributed by atoms with van der Waals surface area (Å²) in [6.45, 7) is 10.2. The summed E-state index contributed by atoms with van der Waals surface area (Å²) >= 11 is 6.09. The second-order valence-electron chi connectivity index (χ2n) is 7.40. The number of anilines is 1. The number of halogens is 1. The third-order valence-electron chi connectivity index (χ3n) is 5.36. The fourth-order valence-electron chi connectivity index (χ4n) is 3.76. The van der Waals surface area contributed by atoms with Crippen molar-refractivity contribution in [2.24, 2.45) is 5.92 Å². The first-order chi connectivity index (χ1) is 11.6. The Morgan fingerprint density at radius 2 is 1.67 bits per heavy atom. The fraction of sp³-hybridized carbons (Fsp3) is 0.684. The van der Waals surface area contributed by atoms with Gasteiger partial charge in [-0.3, -0.25) is 4.90 Å². The summed E-state index contributed by atoms with van der Waals surface area (Å²) in [5, 5.41) is 11.2. The van der Waals surface area contributed by atoms with Crippen molar-refractivity contribution in [3.8, 4) is 0 Å². The molecule has 0 spiro atoms. The van der Waals surface area contributed by atoms with E-state index in [9.17, 15) is 5.11 Å². The summed E-state index contributed by atoms with van der Waals surface area (Å²) < 4.78 is 0. The van der Waals surface area contributed by atoms with Crippen LogP contribution in [0.3, 0.4) is 0 Å². The van der Waals surface area contributed by atoms with Crippen LogP contribution in [0.25, 0.3) is 0 Å². The number of aliphatic hydroxyl groups excluding tert-OH is 1. The van der Waals surface area contributed by atoms with Gasteiger partial charge in [-0.2, -0.15) is 0 Å². The third-order valence-corrected chi connectivity index (χ3v) is 5.59. The molecule has 24 heavy (non-hydrogen) atoms. The predicted octanol–water partition coefficient (Wildman–Crippen LogP) is 2.55. The zero-order valence-electron chi connectivity index (χ0n) is 14.7. The van der Waals surface area contributed by atoms with Gasteiger partial charge in [0.05, 0.1) is 6.10 Å². The molecule has 2 aliphatic heterocycles. The number of piperazine rings is 1. The number of aliphatic hydroxyl groups is 1. The van der Waals surface area contributed by atoms with Crippen LogP contribution in [-0.2, 0) is 0 Å². The SMILES string of the molecule is CC1CCN(CC(O)CN2CCN(c3cccc(Cl)c3)CC2)CC1. The van der Waals surface area contributed by atoms with Crippen LogP contribution in [0.5, 0.6) is 0 Å². The molecule has 0 amide bonds. The van der Waals surface area contributed by atoms with Crippen LogP contribution < -0.4 is 4.90 Å². The van der Waals surface area contributed by atoms with Crippen LogP contribution in [-0.4, -0.2) is 73.4 Å². The predicted molar refractivity (Wildman–Crippen MR) is 101 cm³/mol. The lowest BCUT2D eigenvalue weighted by molar-refractivity contribution is 0.0597. The topological polar surface area (TPSA) is 30.0 Å². The molecule has 4 nitrogen and oxygen atoms in total. The van der Waals surface area contributed by atoms with Crippen LogP contribution in [0.4, 0.5) is 5.69 Å². The molecule has 0 radical (unpaired) electrons. The summed E-state index contributed by atoms with van der Waals surface area (Å²) in [7, 11) is 0. The maximum Gasteiger partial charge on any atom is 0.0793 e. The maximum atomic E-state index is 10.4. The van der Waals surface area contributed by atoms with Crippen LogP contribution in [0.15, 0.2) is 24.3 Å². The van der Waals surface area contributed by atoms with Gasteiger partial charge < -0.3 is 14.9 Å². The molecule has 3 rings (SSSR count). The Balaban J connectivity index is 1.40. The molecule has 2 heterocycles. The van der Waals surface area contributed by atoms with Gasteiger partial charge >= 0.3 is 0 Å². The lowest BCUT2D eigenvalue weighted by Gasteiger charge is -2.38. The number of hydrogen-bond donors (Lipinski definition) is 1. The molecule has 1 aromatic rings. The normalized spacial score (nSPS) is 22.7. The van der Waals surface area contributed by atoms with E-state index in [1.54, 1.807) is 0 Å². The molecule has 1 aromatic carbocycles. The van der Waals surface area contributed by atoms with Gasteiger partial charge in [0.15, 0.2) is 0 Å². The van der Waals surface area contributed by atoms with Crippen molar-refractivity contribution in [1.82, 2.24) is 9.80 Å². The van der Waals surface area contributed by atoms with E-state index in [4.69, 9.17) is 11.6 Å². The maximum absolute atomic E-state index is 10.4. The lowest BCUT2D eigenvalue weighted by Crippen LogP contribution is -2.50. The molecule has 1 unspecified atom stereocenters. The highest BCUT2D eigenvalue weighted by atomic mass is 35.5. The first-order valence-corrected chi connectivity index (χ1v) is 9.61. The Hall–Kier alpha value is -0.810. The van der Waals surface area contributed by atoms with Gasteiger partial charge in [0, 0.05) is 50.0 Å². The van der Waals surface area contributed by atoms with E-state index in [1.807, 2.05) is 18.2 Å². The number of β-amino-alcohol motifs (C(OH)–C–C–N with tert-alkyl or cyclic N) is 1. The summed E-state index contributed by atoms with van der Waals surface area (Å²) in [6.07, 6.45) is 2.30. The molecule has 1 atom stereocenters. The Kier molecular flexibility index (Phi) is 6.39. The van der Waals surface area contributed by atoms with Crippen LogP contribution in [0.1, 0.15) is 19.8 Å². The van der Waals surface area contributed by atoms with Gasteiger partial charge in [-0.1, -0.05) is 24.6 Å². The van der Waals surface area contributed by atoms with Gasteiger partial charge in [-0.25, -0.2) is 0 Å². The monoisotopic (exact) mass is 351 g/mol. The molecule has 2 fully saturated rings. The van der Waals surface area contributed by atoms with Crippen molar-refractivity contribution >= 4 is 17.3 Å². The highest BCUT2D eigenvalue weighted by Gasteiger charge is 2.22. The Morgan fingerprint density at radius 1 is 1.04 bits per heavy atom.